The summed E-state index contributed by atoms with van der Waals surface area (Å²) in [6.45, 7) is 6.43. The minimum Gasteiger partial charge on any atom is -0.455 e. The zero-order valence-corrected chi connectivity index (χ0v) is 38.1. The Morgan fingerprint density at radius 1 is 0.338 bits per heavy atom. The van der Waals surface area contributed by atoms with Gasteiger partial charge in [-0.25, -0.2) is 0 Å². The van der Waals surface area contributed by atoms with Crippen LogP contribution in [0.15, 0.2) is 233 Å². The predicted molar refractivity (Wildman–Crippen MR) is 282 cm³/mol. The van der Waals surface area contributed by atoms with Crippen LogP contribution < -0.4 is 9.80 Å². The molecule has 10 aromatic carbocycles. The molecular weight excluding hydrogens is 829 g/mol. The van der Waals surface area contributed by atoms with Crippen LogP contribution >= 0.6 is 0 Å². The van der Waals surface area contributed by atoms with Crippen LogP contribution in [0.2, 0.25) is 0 Å². The number of hydrogen-bond donors (Lipinski definition) is 0. The molecule has 2 heterocycles. The summed E-state index contributed by atoms with van der Waals surface area (Å²) in [6.07, 6.45) is 0. The van der Waals surface area contributed by atoms with Crippen LogP contribution in [0.4, 0.5) is 34.1 Å². The van der Waals surface area contributed by atoms with Crippen molar-refractivity contribution in [3.8, 4) is 11.1 Å². The molecule has 1 aliphatic rings. The maximum absolute atomic E-state index is 7.42. The normalized spacial score (nSPS) is 12.8. The van der Waals surface area contributed by atoms with Gasteiger partial charge in [0, 0.05) is 50.0 Å². The molecule has 68 heavy (non-hydrogen) atoms. The predicted octanol–water partition coefficient (Wildman–Crippen LogP) is 17.7. The molecule has 0 fully saturated rings. The molecule has 0 amide bonds. The smallest absolute Gasteiger partial charge is 0.160 e. The lowest BCUT2D eigenvalue weighted by Gasteiger charge is -2.36. The van der Waals surface area contributed by atoms with Crippen molar-refractivity contribution in [1.82, 2.24) is 0 Å². The van der Waals surface area contributed by atoms with Gasteiger partial charge >= 0.3 is 0 Å². The molecule has 0 saturated carbocycles. The minimum absolute atomic E-state index is 0.812. The molecule has 0 aliphatic heterocycles. The van der Waals surface area contributed by atoms with Crippen LogP contribution in [0.1, 0.15) is 38.9 Å². The van der Waals surface area contributed by atoms with Crippen molar-refractivity contribution in [1.29, 1.82) is 0 Å². The van der Waals surface area contributed by atoms with E-state index in [0.29, 0.717) is 0 Å². The van der Waals surface area contributed by atoms with Crippen molar-refractivity contribution in [2.45, 2.75) is 26.2 Å². The number of furan rings is 2. The standard InChI is InChI=1S/C64H46N2O2/c1-41-27-33-47(34-28-41)65(48-35-29-42(2)30-36-48)54-39-53-61(63-58(54)50-23-13-15-25-56(50)68-63)60-52(64(53,44-17-7-4-8-18-44)45-19-9-5-10-20-45)40-55(62-59(60)51-24-14-16-26-57(51)67-62)66(46-21-11-6-12-22-46)49-37-31-43(3)32-38-49/h4-40H,1-3H3. The molecular formula is C64H46N2O2. The molecule has 0 N–H and O–H groups in total. The van der Waals surface area contributed by atoms with Crippen LogP contribution in [0.25, 0.3) is 55.0 Å². The molecule has 0 radical (unpaired) electrons. The van der Waals surface area contributed by atoms with Gasteiger partial charge in [-0.3, -0.25) is 0 Å². The van der Waals surface area contributed by atoms with Crippen LogP contribution in [0.5, 0.6) is 0 Å². The van der Waals surface area contributed by atoms with Gasteiger partial charge in [0.15, 0.2) is 5.58 Å². The Hall–Kier alpha value is -8.60. The average Bonchev–Trinajstić information content (AvgIpc) is 4.06. The van der Waals surface area contributed by atoms with Gasteiger partial charge in [0.05, 0.1) is 22.2 Å². The van der Waals surface area contributed by atoms with E-state index in [1.165, 1.54) is 16.7 Å². The summed E-state index contributed by atoms with van der Waals surface area (Å²) in [5.74, 6) is 0. The number of fused-ring (bicyclic) bond motifs is 11. The number of nitrogens with zero attached hydrogens (tertiary/aromatic N) is 2. The fourth-order valence-electron chi connectivity index (χ4n) is 11.0. The van der Waals surface area contributed by atoms with Crippen molar-refractivity contribution in [3.63, 3.8) is 0 Å². The molecule has 0 unspecified atom stereocenters. The van der Waals surface area contributed by atoms with Crippen molar-refractivity contribution < 1.29 is 8.83 Å². The maximum atomic E-state index is 7.42. The topological polar surface area (TPSA) is 32.8 Å². The monoisotopic (exact) mass is 874 g/mol. The second-order valence-electron chi connectivity index (χ2n) is 18.2. The summed E-state index contributed by atoms with van der Waals surface area (Å²) in [5, 5.41) is 4.22. The van der Waals surface area contributed by atoms with E-state index in [1.807, 2.05) is 0 Å². The summed E-state index contributed by atoms with van der Waals surface area (Å²) in [5.41, 5.74) is 19.1. The SMILES string of the molecule is Cc1ccc(N(c2ccccc2)c2cc3c(c4c2oc2ccccc24)-c2c(cc(N(c4ccc(C)cc4)c4ccc(C)cc4)c4c2oc2ccccc24)C3(c2ccccc2)c2ccccc2)cc1. The second-order valence-corrected chi connectivity index (χ2v) is 18.2. The largest absolute Gasteiger partial charge is 0.455 e. The first-order chi connectivity index (χ1) is 33.5. The Balaban J connectivity index is 1.27. The number of benzene rings is 10. The Kier molecular flexibility index (Phi) is 9.06. The number of hydrogen-bond acceptors (Lipinski definition) is 4. The zero-order chi connectivity index (χ0) is 45.5. The van der Waals surface area contributed by atoms with E-state index in [1.54, 1.807) is 0 Å². The maximum Gasteiger partial charge on any atom is 0.160 e. The number of aryl methyl sites for hydroxylation is 3. The second kappa shape index (κ2) is 15.5. The van der Waals surface area contributed by atoms with E-state index in [-0.39, 0.29) is 0 Å². The summed E-state index contributed by atoms with van der Waals surface area (Å²) in [4.78, 5) is 4.79. The van der Waals surface area contributed by atoms with Gasteiger partial charge in [-0.1, -0.05) is 168 Å². The van der Waals surface area contributed by atoms with E-state index in [4.69, 9.17) is 8.83 Å². The molecule has 2 aromatic heterocycles. The van der Waals surface area contributed by atoms with Crippen molar-refractivity contribution in [2.24, 2.45) is 0 Å². The Morgan fingerprint density at radius 3 is 1.24 bits per heavy atom. The van der Waals surface area contributed by atoms with Gasteiger partial charge in [0.25, 0.3) is 0 Å². The van der Waals surface area contributed by atoms with Gasteiger partial charge in [0.1, 0.15) is 16.7 Å². The van der Waals surface area contributed by atoms with Crippen LogP contribution in [-0.2, 0) is 5.41 Å². The molecule has 0 atom stereocenters. The molecule has 0 saturated heterocycles. The highest BCUT2D eigenvalue weighted by atomic mass is 16.3. The number of para-hydroxylation sites is 3. The van der Waals surface area contributed by atoms with Crippen molar-refractivity contribution in [3.05, 3.63) is 263 Å². The Bertz CT molecular complexity index is 3770. The lowest BCUT2D eigenvalue weighted by atomic mass is 9.67. The molecule has 1 aliphatic carbocycles. The summed E-state index contributed by atoms with van der Waals surface area (Å²) < 4.78 is 14.7. The highest BCUT2D eigenvalue weighted by molar-refractivity contribution is 6.26. The van der Waals surface area contributed by atoms with Gasteiger partial charge in [-0.2, -0.15) is 0 Å². The van der Waals surface area contributed by atoms with E-state index in [9.17, 15) is 0 Å². The third-order valence-electron chi connectivity index (χ3n) is 14.1. The summed E-state index contributed by atoms with van der Waals surface area (Å²) in [6, 6.07) is 81.4. The van der Waals surface area contributed by atoms with E-state index in [2.05, 4.69) is 255 Å². The molecule has 0 bridgehead atoms. The van der Waals surface area contributed by atoms with Gasteiger partial charge in [-0.15, -0.1) is 0 Å². The first kappa shape index (κ1) is 39.7. The van der Waals surface area contributed by atoms with Gasteiger partial charge in [0.2, 0.25) is 0 Å². The first-order valence-corrected chi connectivity index (χ1v) is 23.4. The van der Waals surface area contributed by atoms with Crippen LogP contribution in [-0.4, -0.2) is 0 Å². The zero-order valence-electron chi connectivity index (χ0n) is 38.1. The number of anilines is 6. The highest BCUT2D eigenvalue weighted by Crippen LogP contribution is 2.64. The van der Waals surface area contributed by atoms with Crippen molar-refractivity contribution in [2.75, 3.05) is 9.80 Å². The fourth-order valence-corrected chi connectivity index (χ4v) is 11.0. The van der Waals surface area contributed by atoms with E-state index >= 15 is 0 Å². The molecule has 4 nitrogen and oxygen atoms in total. The quantitative estimate of drug-likeness (QED) is 0.152. The lowest BCUT2D eigenvalue weighted by molar-refractivity contribution is 0.668. The first-order valence-electron chi connectivity index (χ1n) is 23.4. The third-order valence-corrected chi connectivity index (χ3v) is 14.1. The number of rotatable bonds is 8. The third kappa shape index (κ3) is 5.93. The minimum atomic E-state index is -0.835. The molecule has 12 aromatic rings. The van der Waals surface area contributed by atoms with E-state index < -0.39 is 5.41 Å². The average molecular weight is 875 g/mol. The summed E-state index contributed by atoms with van der Waals surface area (Å²) >= 11 is 0. The fraction of sp³-hybridized carbons (Fsp3) is 0.0625. The molecule has 4 heteroatoms. The van der Waals surface area contributed by atoms with Crippen molar-refractivity contribution >= 4 is 78.0 Å². The molecule has 324 valence electrons. The van der Waals surface area contributed by atoms with Gasteiger partial charge in [-0.05, 0) is 116 Å². The molecule has 13 rings (SSSR count). The highest BCUT2D eigenvalue weighted by Gasteiger charge is 2.50. The Morgan fingerprint density at radius 2 is 0.721 bits per heavy atom. The molecule has 0 spiro atoms. The Labute approximate surface area is 395 Å². The van der Waals surface area contributed by atoms with Crippen LogP contribution in [0, 0.1) is 20.8 Å². The summed E-state index contributed by atoms with van der Waals surface area (Å²) in [7, 11) is 0. The van der Waals surface area contributed by atoms with Gasteiger partial charge < -0.3 is 18.6 Å². The lowest BCUT2D eigenvalue weighted by Crippen LogP contribution is -2.29. The van der Waals surface area contributed by atoms with Crippen LogP contribution in [0.3, 0.4) is 0 Å². The van der Waals surface area contributed by atoms with E-state index in [0.717, 1.165) is 111 Å².